The molecule has 3 aromatic rings. The average Bonchev–Trinajstić information content (AvgIpc) is 2.67. The molecule has 0 spiro atoms. The third-order valence-electron chi connectivity index (χ3n) is 2.96. The van der Waals surface area contributed by atoms with E-state index in [0.717, 1.165) is 5.39 Å². The number of carbonyl (C=O) groups is 2. The molecule has 2 aromatic carbocycles. The Morgan fingerprint density at radius 2 is 1.50 bits per heavy atom. The van der Waals surface area contributed by atoms with Crippen LogP contribution >= 0.6 is 0 Å². The number of rotatable bonds is 2. The van der Waals surface area contributed by atoms with Gasteiger partial charge in [0.05, 0.1) is 23.1 Å². The Bertz CT molecular complexity index is 946. The molecular formula is C18H19N3O9. The van der Waals surface area contributed by atoms with Crippen molar-refractivity contribution in [2.45, 2.75) is 0 Å². The molecule has 160 valence electrons. The van der Waals surface area contributed by atoms with Crippen molar-refractivity contribution in [3.63, 3.8) is 0 Å². The monoisotopic (exact) mass is 421 g/mol. The lowest BCUT2D eigenvalue weighted by Crippen LogP contribution is -1.91. The summed E-state index contributed by atoms with van der Waals surface area (Å²) in [5, 5.41) is 40.0. The van der Waals surface area contributed by atoms with Crippen LogP contribution in [-0.2, 0) is 0 Å². The summed E-state index contributed by atoms with van der Waals surface area (Å²) in [4.78, 5) is 31.3. The Kier molecular flexibility index (Phi) is 11.5. The van der Waals surface area contributed by atoms with Crippen molar-refractivity contribution < 1.29 is 39.7 Å². The number of methoxy groups -OCH3 is 1. The molecule has 0 unspecified atom stereocenters. The zero-order valence-corrected chi connectivity index (χ0v) is 15.6. The van der Waals surface area contributed by atoms with Gasteiger partial charge >= 0.3 is 12.3 Å². The zero-order valence-electron chi connectivity index (χ0n) is 15.6. The molecule has 0 fully saturated rings. The second kappa shape index (κ2) is 13.5. The Hall–Kier alpha value is -4.61. The number of nitrogen functional groups attached to an aromatic ring is 1. The van der Waals surface area contributed by atoms with E-state index in [1.165, 1.54) is 6.07 Å². The number of anilines is 1. The molecule has 12 heteroatoms. The highest BCUT2D eigenvalue weighted by Crippen LogP contribution is 2.32. The highest BCUT2D eigenvalue weighted by molar-refractivity contribution is 5.95. The SMILES string of the molecule is COc1ccc([N+](=O)[O-])c2ccccc12.Nc1cccnc1.O=C(O)O.O=C(O)O. The lowest BCUT2D eigenvalue weighted by molar-refractivity contribution is -0.383. The van der Waals surface area contributed by atoms with Gasteiger partial charge in [0.25, 0.3) is 5.69 Å². The van der Waals surface area contributed by atoms with Crippen LogP contribution in [0.15, 0.2) is 60.9 Å². The summed E-state index contributed by atoms with van der Waals surface area (Å²) >= 11 is 0. The molecule has 1 aromatic heterocycles. The number of nitrogens with two attached hydrogens (primary N) is 1. The molecule has 0 bridgehead atoms. The van der Waals surface area contributed by atoms with Gasteiger partial charge in [0.1, 0.15) is 5.75 Å². The number of fused-ring (bicyclic) bond motifs is 1. The summed E-state index contributed by atoms with van der Waals surface area (Å²) in [6, 6.07) is 13.8. The number of carboxylic acid groups (broad SMARTS) is 4. The van der Waals surface area contributed by atoms with Gasteiger partial charge in [-0.3, -0.25) is 15.1 Å². The smallest absolute Gasteiger partial charge is 0.496 e. The minimum Gasteiger partial charge on any atom is -0.496 e. The number of ether oxygens (including phenoxy) is 1. The van der Waals surface area contributed by atoms with Crippen LogP contribution in [0.4, 0.5) is 21.0 Å². The van der Waals surface area contributed by atoms with E-state index in [-0.39, 0.29) is 10.6 Å². The van der Waals surface area contributed by atoms with Gasteiger partial charge in [-0.2, -0.15) is 0 Å². The van der Waals surface area contributed by atoms with Gasteiger partial charge in [-0.05, 0) is 24.3 Å². The van der Waals surface area contributed by atoms with Gasteiger partial charge in [0, 0.05) is 23.8 Å². The topological polar surface area (TPSA) is 206 Å². The third kappa shape index (κ3) is 10.5. The molecule has 0 amide bonds. The summed E-state index contributed by atoms with van der Waals surface area (Å²) in [6.07, 6.45) is -0.365. The second-order valence-corrected chi connectivity index (χ2v) is 4.94. The molecule has 0 saturated heterocycles. The van der Waals surface area contributed by atoms with Crippen molar-refractivity contribution >= 4 is 34.5 Å². The summed E-state index contributed by atoms with van der Waals surface area (Å²) in [5.41, 5.74) is 6.11. The van der Waals surface area contributed by atoms with Crippen LogP contribution in [0.5, 0.6) is 5.75 Å². The van der Waals surface area contributed by atoms with Crippen molar-refractivity contribution in [2.24, 2.45) is 0 Å². The Morgan fingerprint density at radius 3 is 1.87 bits per heavy atom. The molecule has 12 nitrogen and oxygen atoms in total. The number of nitro benzene ring substituents is 1. The molecular weight excluding hydrogens is 402 g/mol. The molecule has 0 aliphatic heterocycles. The molecule has 0 aliphatic rings. The molecule has 6 N–H and O–H groups in total. The fraction of sp³-hybridized carbons (Fsp3) is 0.0556. The van der Waals surface area contributed by atoms with Crippen LogP contribution in [0.2, 0.25) is 0 Å². The van der Waals surface area contributed by atoms with Gasteiger partial charge in [-0.1, -0.05) is 18.2 Å². The first-order valence-corrected chi connectivity index (χ1v) is 7.79. The van der Waals surface area contributed by atoms with Gasteiger partial charge in [0.15, 0.2) is 0 Å². The van der Waals surface area contributed by atoms with Crippen molar-refractivity contribution in [3.8, 4) is 5.75 Å². The van der Waals surface area contributed by atoms with Gasteiger partial charge < -0.3 is 30.9 Å². The molecule has 0 saturated carbocycles. The summed E-state index contributed by atoms with van der Waals surface area (Å²) < 4.78 is 5.14. The summed E-state index contributed by atoms with van der Waals surface area (Å²) in [6.45, 7) is 0. The van der Waals surface area contributed by atoms with Crippen molar-refractivity contribution in [1.29, 1.82) is 0 Å². The normalized spacial score (nSPS) is 8.70. The first-order valence-electron chi connectivity index (χ1n) is 7.79. The number of aromatic nitrogens is 1. The predicted octanol–water partition coefficient (Wildman–Crippen LogP) is 3.87. The maximum atomic E-state index is 10.8. The van der Waals surface area contributed by atoms with E-state index in [4.69, 9.17) is 40.5 Å². The molecule has 1 heterocycles. The Labute approximate surface area is 169 Å². The maximum Gasteiger partial charge on any atom is 0.503 e. The van der Waals surface area contributed by atoms with Crippen LogP contribution < -0.4 is 10.5 Å². The van der Waals surface area contributed by atoms with E-state index in [2.05, 4.69) is 4.98 Å². The minimum atomic E-state index is -1.83. The average molecular weight is 421 g/mol. The molecule has 0 aliphatic carbocycles. The van der Waals surface area contributed by atoms with Crippen LogP contribution in [-0.4, -0.2) is 49.8 Å². The molecule has 0 radical (unpaired) electrons. The van der Waals surface area contributed by atoms with Crippen LogP contribution in [0, 0.1) is 10.1 Å². The van der Waals surface area contributed by atoms with E-state index in [9.17, 15) is 10.1 Å². The third-order valence-corrected chi connectivity index (χ3v) is 2.96. The fourth-order valence-electron chi connectivity index (χ4n) is 1.97. The van der Waals surface area contributed by atoms with Gasteiger partial charge in [-0.25, -0.2) is 9.59 Å². The lowest BCUT2D eigenvalue weighted by Gasteiger charge is -2.04. The van der Waals surface area contributed by atoms with Crippen LogP contribution in [0.1, 0.15) is 0 Å². The van der Waals surface area contributed by atoms with Gasteiger partial charge in [0.2, 0.25) is 0 Å². The molecule has 3 rings (SSSR count). The number of benzene rings is 2. The number of nitro groups is 1. The highest BCUT2D eigenvalue weighted by atomic mass is 16.6. The standard InChI is InChI=1S/C11H9NO3.C5H6N2.2CH2O3/c1-15-11-7-6-10(12(13)14)8-4-2-3-5-9(8)11;6-5-2-1-3-7-4-5;2*2-1(3)4/h2-7H,1H3;1-4H,6H2;2*(H2,2,3,4). The summed E-state index contributed by atoms with van der Waals surface area (Å²) in [7, 11) is 1.55. The predicted molar refractivity (Wildman–Crippen MR) is 107 cm³/mol. The van der Waals surface area contributed by atoms with E-state index in [1.54, 1.807) is 55.9 Å². The second-order valence-electron chi connectivity index (χ2n) is 4.94. The Morgan fingerprint density at radius 1 is 0.967 bits per heavy atom. The van der Waals surface area contributed by atoms with Crippen LogP contribution in [0.25, 0.3) is 10.8 Å². The van der Waals surface area contributed by atoms with Crippen molar-refractivity contribution in [1.82, 2.24) is 4.98 Å². The van der Waals surface area contributed by atoms with Crippen molar-refractivity contribution in [2.75, 3.05) is 12.8 Å². The van der Waals surface area contributed by atoms with E-state index < -0.39 is 12.3 Å². The van der Waals surface area contributed by atoms with E-state index in [1.807, 2.05) is 6.07 Å². The number of hydrogen-bond donors (Lipinski definition) is 5. The first-order chi connectivity index (χ1) is 14.1. The largest absolute Gasteiger partial charge is 0.503 e. The summed E-state index contributed by atoms with van der Waals surface area (Å²) in [5.74, 6) is 0.649. The van der Waals surface area contributed by atoms with Crippen molar-refractivity contribution in [3.05, 3.63) is 71.0 Å². The molecule has 0 atom stereocenters. The molecule has 30 heavy (non-hydrogen) atoms. The van der Waals surface area contributed by atoms with Crippen LogP contribution in [0.3, 0.4) is 0 Å². The maximum absolute atomic E-state index is 10.8. The number of hydrogen-bond acceptors (Lipinski definition) is 7. The zero-order chi connectivity index (χ0) is 23.1. The highest BCUT2D eigenvalue weighted by Gasteiger charge is 2.13. The number of nitrogens with zero attached hydrogens (tertiary/aromatic N) is 2. The quantitative estimate of drug-likeness (QED) is 0.296. The fourth-order valence-corrected chi connectivity index (χ4v) is 1.97. The van der Waals surface area contributed by atoms with E-state index >= 15 is 0 Å². The first kappa shape index (κ1) is 25.4. The number of non-ortho nitro benzene ring substituents is 1. The number of pyridine rings is 1. The van der Waals surface area contributed by atoms with E-state index in [0.29, 0.717) is 16.8 Å². The van der Waals surface area contributed by atoms with Gasteiger partial charge in [-0.15, -0.1) is 0 Å². The minimum absolute atomic E-state index is 0.103. The Balaban J connectivity index is 0.000000465. The lowest BCUT2D eigenvalue weighted by atomic mass is 10.1.